The van der Waals surface area contributed by atoms with E-state index in [4.69, 9.17) is 4.74 Å². The molecule has 2 heterocycles. The number of hydrogen-bond acceptors (Lipinski definition) is 5. The standard InChI is InChI=1S/C10H18N2O4S/c13-10(9-7-16-4-3-11-9)12-8-1-5-17(14,15)6-2-8/h8-9,11H,1-7H2,(H,12,13). The van der Waals surface area contributed by atoms with Crippen LogP contribution in [0, 0.1) is 0 Å². The van der Waals surface area contributed by atoms with Crippen molar-refractivity contribution in [2.45, 2.75) is 24.9 Å². The molecule has 2 rings (SSSR count). The molecule has 1 atom stereocenters. The maximum absolute atomic E-state index is 11.8. The first kappa shape index (κ1) is 12.8. The molecule has 0 aromatic carbocycles. The molecular formula is C10H18N2O4S. The zero-order valence-electron chi connectivity index (χ0n) is 9.65. The fraction of sp³-hybridized carbons (Fsp3) is 0.900. The molecule has 0 aromatic rings. The fourth-order valence-electron chi connectivity index (χ4n) is 2.07. The lowest BCUT2D eigenvalue weighted by Crippen LogP contribution is -2.54. The first-order valence-corrected chi connectivity index (χ1v) is 7.71. The minimum atomic E-state index is -2.87. The Balaban J connectivity index is 1.79. The van der Waals surface area contributed by atoms with Crippen LogP contribution in [0.1, 0.15) is 12.8 Å². The quantitative estimate of drug-likeness (QED) is 0.644. The number of carbonyl (C=O) groups excluding carboxylic acids is 1. The molecule has 7 heteroatoms. The first-order valence-electron chi connectivity index (χ1n) is 5.89. The van der Waals surface area contributed by atoms with Gasteiger partial charge in [-0.2, -0.15) is 0 Å². The Morgan fingerprint density at radius 3 is 2.59 bits per heavy atom. The number of rotatable bonds is 2. The number of hydrogen-bond donors (Lipinski definition) is 2. The van der Waals surface area contributed by atoms with Gasteiger partial charge in [0, 0.05) is 12.6 Å². The van der Waals surface area contributed by atoms with E-state index in [1.807, 2.05) is 0 Å². The Morgan fingerprint density at radius 2 is 2.00 bits per heavy atom. The Labute approximate surface area is 101 Å². The fourth-order valence-corrected chi connectivity index (χ4v) is 3.56. The van der Waals surface area contributed by atoms with Crippen LogP contribution in [0.25, 0.3) is 0 Å². The van der Waals surface area contributed by atoms with Gasteiger partial charge >= 0.3 is 0 Å². The highest BCUT2D eigenvalue weighted by Gasteiger charge is 2.27. The number of nitrogens with one attached hydrogen (secondary N) is 2. The van der Waals surface area contributed by atoms with Crippen molar-refractivity contribution in [3.8, 4) is 0 Å². The van der Waals surface area contributed by atoms with Crippen LogP contribution < -0.4 is 10.6 Å². The highest BCUT2D eigenvalue weighted by Crippen LogP contribution is 2.12. The molecule has 0 saturated carbocycles. The summed E-state index contributed by atoms with van der Waals surface area (Å²) >= 11 is 0. The Bertz CT molecular complexity index is 362. The molecule has 1 amide bonds. The highest BCUT2D eigenvalue weighted by atomic mass is 32.2. The predicted molar refractivity (Wildman–Crippen MR) is 62.4 cm³/mol. The van der Waals surface area contributed by atoms with Gasteiger partial charge in [0.15, 0.2) is 0 Å². The zero-order chi connectivity index (χ0) is 12.3. The van der Waals surface area contributed by atoms with Gasteiger partial charge in [-0.1, -0.05) is 0 Å². The van der Waals surface area contributed by atoms with E-state index in [9.17, 15) is 13.2 Å². The molecule has 2 fully saturated rings. The van der Waals surface area contributed by atoms with E-state index in [1.54, 1.807) is 0 Å². The predicted octanol–water partition coefficient (Wildman–Crippen LogP) is -1.33. The van der Waals surface area contributed by atoms with Crippen molar-refractivity contribution in [1.29, 1.82) is 0 Å². The summed E-state index contributed by atoms with van der Waals surface area (Å²) < 4.78 is 27.7. The molecule has 2 aliphatic heterocycles. The minimum absolute atomic E-state index is 0.0187. The van der Waals surface area contributed by atoms with Crippen LogP contribution in [0.5, 0.6) is 0 Å². The third-order valence-electron chi connectivity index (χ3n) is 3.14. The van der Waals surface area contributed by atoms with Crippen molar-refractivity contribution < 1.29 is 17.9 Å². The van der Waals surface area contributed by atoms with E-state index < -0.39 is 9.84 Å². The highest BCUT2D eigenvalue weighted by molar-refractivity contribution is 7.91. The summed E-state index contributed by atoms with van der Waals surface area (Å²) in [4.78, 5) is 11.8. The van der Waals surface area contributed by atoms with Gasteiger partial charge in [0.1, 0.15) is 15.9 Å². The summed E-state index contributed by atoms with van der Waals surface area (Å²) in [5, 5.41) is 5.95. The van der Waals surface area contributed by atoms with Crippen molar-refractivity contribution >= 4 is 15.7 Å². The number of amides is 1. The molecule has 2 aliphatic rings. The van der Waals surface area contributed by atoms with Gasteiger partial charge in [0.25, 0.3) is 0 Å². The first-order chi connectivity index (χ1) is 8.07. The summed E-state index contributed by atoms with van der Waals surface area (Å²) in [7, 11) is -2.87. The van der Waals surface area contributed by atoms with Gasteiger partial charge in [0.2, 0.25) is 5.91 Å². The van der Waals surface area contributed by atoms with Crippen molar-refractivity contribution in [1.82, 2.24) is 10.6 Å². The van der Waals surface area contributed by atoms with E-state index in [1.165, 1.54) is 0 Å². The summed E-state index contributed by atoms with van der Waals surface area (Å²) in [5.74, 6) is 0.257. The monoisotopic (exact) mass is 262 g/mol. The van der Waals surface area contributed by atoms with E-state index in [0.29, 0.717) is 32.6 Å². The molecule has 0 aromatic heterocycles. The van der Waals surface area contributed by atoms with E-state index in [-0.39, 0.29) is 29.5 Å². The van der Waals surface area contributed by atoms with Gasteiger partial charge in [-0.15, -0.1) is 0 Å². The van der Waals surface area contributed by atoms with Crippen molar-refractivity contribution in [2.75, 3.05) is 31.3 Å². The topological polar surface area (TPSA) is 84.5 Å². The average molecular weight is 262 g/mol. The van der Waals surface area contributed by atoms with Crippen molar-refractivity contribution in [3.05, 3.63) is 0 Å². The van der Waals surface area contributed by atoms with E-state index in [0.717, 1.165) is 0 Å². The lowest BCUT2D eigenvalue weighted by molar-refractivity contribution is -0.126. The summed E-state index contributed by atoms with van der Waals surface area (Å²) in [5.41, 5.74) is 0. The van der Waals surface area contributed by atoms with Crippen LogP contribution in [-0.4, -0.2) is 57.7 Å². The van der Waals surface area contributed by atoms with Crippen molar-refractivity contribution in [2.24, 2.45) is 0 Å². The molecule has 17 heavy (non-hydrogen) atoms. The zero-order valence-corrected chi connectivity index (χ0v) is 10.5. The smallest absolute Gasteiger partial charge is 0.239 e. The Kier molecular flexibility index (Phi) is 4.01. The third kappa shape index (κ3) is 3.65. The molecule has 2 saturated heterocycles. The number of morpholine rings is 1. The van der Waals surface area contributed by atoms with Crippen molar-refractivity contribution in [3.63, 3.8) is 0 Å². The van der Waals surface area contributed by atoms with E-state index in [2.05, 4.69) is 10.6 Å². The van der Waals surface area contributed by atoms with Crippen LogP contribution in [0.4, 0.5) is 0 Å². The molecule has 0 aliphatic carbocycles. The van der Waals surface area contributed by atoms with Gasteiger partial charge in [0.05, 0.1) is 24.7 Å². The van der Waals surface area contributed by atoms with Gasteiger partial charge < -0.3 is 15.4 Å². The molecule has 1 unspecified atom stereocenters. The molecular weight excluding hydrogens is 244 g/mol. The second kappa shape index (κ2) is 5.32. The van der Waals surface area contributed by atoms with Crippen LogP contribution in [-0.2, 0) is 19.4 Å². The Hall–Kier alpha value is -0.660. The number of ether oxygens (including phenoxy) is 1. The molecule has 0 bridgehead atoms. The van der Waals surface area contributed by atoms with Gasteiger partial charge in [-0.05, 0) is 12.8 Å². The normalized spacial score (nSPS) is 29.8. The maximum Gasteiger partial charge on any atom is 0.239 e. The number of carbonyl (C=O) groups is 1. The largest absolute Gasteiger partial charge is 0.378 e. The average Bonchev–Trinajstić information content (AvgIpc) is 2.33. The van der Waals surface area contributed by atoms with Crippen LogP contribution in [0.3, 0.4) is 0 Å². The summed E-state index contributed by atoms with van der Waals surface area (Å²) in [6, 6.07) is -0.322. The molecule has 0 spiro atoms. The molecule has 98 valence electrons. The minimum Gasteiger partial charge on any atom is -0.378 e. The second-order valence-corrected chi connectivity index (χ2v) is 6.82. The lowest BCUT2D eigenvalue weighted by atomic mass is 10.1. The van der Waals surface area contributed by atoms with E-state index >= 15 is 0 Å². The maximum atomic E-state index is 11.8. The molecule has 0 radical (unpaired) electrons. The van der Waals surface area contributed by atoms with Crippen LogP contribution >= 0.6 is 0 Å². The van der Waals surface area contributed by atoms with Crippen LogP contribution in [0.15, 0.2) is 0 Å². The van der Waals surface area contributed by atoms with Crippen LogP contribution in [0.2, 0.25) is 0 Å². The molecule has 6 nitrogen and oxygen atoms in total. The third-order valence-corrected chi connectivity index (χ3v) is 4.85. The Morgan fingerprint density at radius 1 is 1.29 bits per heavy atom. The summed E-state index contributed by atoms with van der Waals surface area (Å²) in [6.07, 6.45) is 1.03. The summed E-state index contributed by atoms with van der Waals surface area (Å²) in [6.45, 7) is 1.69. The van der Waals surface area contributed by atoms with Gasteiger partial charge in [-0.3, -0.25) is 4.79 Å². The second-order valence-electron chi connectivity index (χ2n) is 4.52. The lowest BCUT2D eigenvalue weighted by Gasteiger charge is -2.27. The molecule has 2 N–H and O–H groups in total. The number of sulfone groups is 1. The SMILES string of the molecule is O=C(NC1CCS(=O)(=O)CC1)C1COCCN1. The van der Waals surface area contributed by atoms with Gasteiger partial charge in [-0.25, -0.2) is 8.42 Å².